The van der Waals surface area contributed by atoms with Gasteiger partial charge in [0.05, 0.1) is 17.8 Å². The third-order valence-electron chi connectivity index (χ3n) is 4.12. The van der Waals surface area contributed by atoms with Crippen LogP contribution < -0.4 is 10.9 Å². The van der Waals surface area contributed by atoms with Gasteiger partial charge in [0.1, 0.15) is 10.5 Å². The molecule has 0 radical (unpaired) electrons. The molecule has 1 amide bonds. The molecule has 0 fully saturated rings. The molecule has 3 heterocycles. The van der Waals surface area contributed by atoms with Crippen LogP contribution in [0.25, 0.3) is 10.2 Å². The molecule has 0 aliphatic carbocycles. The number of halogens is 1. The summed E-state index contributed by atoms with van der Waals surface area (Å²) in [6, 6.07) is 9.76. The molecule has 29 heavy (non-hydrogen) atoms. The van der Waals surface area contributed by atoms with Crippen LogP contribution in [-0.2, 0) is 11.3 Å². The Morgan fingerprint density at radius 3 is 2.93 bits per heavy atom. The molecule has 0 saturated carbocycles. The lowest BCUT2D eigenvalue weighted by Crippen LogP contribution is -2.24. The van der Waals surface area contributed by atoms with Crippen molar-refractivity contribution in [2.75, 3.05) is 11.1 Å². The molecule has 4 aromatic rings. The van der Waals surface area contributed by atoms with Crippen molar-refractivity contribution < 1.29 is 9.18 Å². The van der Waals surface area contributed by atoms with E-state index in [-0.39, 0.29) is 23.8 Å². The second kappa shape index (κ2) is 8.18. The molecule has 0 bridgehead atoms. The van der Waals surface area contributed by atoms with Crippen LogP contribution in [0.1, 0.15) is 11.3 Å². The number of hydrogen-bond acceptors (Lipinski definition) is 6. The van der Waals surface area contributed by atoms with Gasteiger partial charge in [-0.25, -0.2) is 9.37 Å². The summed E-state index contributed by atoms with van der Waals surface area (Å²) in [5.74, 6) is -0.212. The van der Waals surface area contributed by atoms with Crippen molar-refractivity contribution in [1.82, 2.24) is 19.7 Å². The van der Waals surface area contributed by atoms with Crippen LogP contribution in [0.15, 0.2) is 51.7 Å². The quantitative estimate of drug-likeness (QED) is 0.362. The third-order valence-corrected chi connectivity index (χ3v) is 5.99. The monoisotopic (exact) mass is 429 g/mol. The molecule has 0 spiro atoms. The van der Waals surface area contributed by atoms with Crippen LogP contribution in [0.2, 0.25) is 0 Å². The Labute approximate surface area is 173 Å². The molecule has 7 nitrogen and oxygen atoms in total. The maximum atomic E-state index is 14.1. The van der Waals surface area contributed by atoms with Gasteiger partial charge in [-0.2, -0.15) is 5.10 Å². The normalized spacial score (nSPS) is 11.1. The van der Waals surface area contributed by atoms with Gasteiger partial charge in [0.15, 0.2) is 11.0 Å². The van der Waals surface area contributed by atoms with Crippen LogP contribution in [0.3, 0.4) is 0 Å². The van der Waals surface area contributed by atoms with Gasteiger partial charge in [0.2, 0.25) is 5.91 Å². The first-order valence-corrected chi connectivity index (χ1v) is 10.5. The molecule has 3 aromatic heterocycles. The van der Waals surface area contributed by atoms with Crippen molar-refractivity contribution in [3.05, 3.63) is 69.2 Å². The maximum absolute atomic E-state index is 14.1. The van der Waals surface area contributed by atoms with Gasteiger partial charge >= 0.3 is 0 Å². The highest BCUT2D eigenvalue weighted by Gasteiger charge is 2.16. The molecule has 0 unspecified atom stereocenters. The number of nitrogens with one attached hydrogen (secondary N) is 2. The van der Waals surface area contributed by atoms with Gasteiger partial charge < -0.3 is 5.32 Å². The number of amides is 1. The molecule has 0 saturated heterocycles. The number of H-pyrrole nitrogens is 1. The number of hydrogen-bond donors (Lipinski definition) is 2. The van der Waals surface area contributed by atoms with E-state index in [4.69, 9.17) is 0 Å². The van der Waals surface area contributed by atoms with Crippen molar-refractivity contribution in [3.8, 4) is 0 Å². The minimum Gasteiger partial charge on any atom is -0.308 e. The highest BCUT2D eigenvalue weighted by Crippen LogP contribution is 2.22. The lowest BCUT2D eigenvalue weighted by Gasteiger charge is -2.12. The number of rotatable bonds is 6. The first-order chi connectivity index (χ1) is 14.0. The zero-order chi connectivity index (χ0) is 20.4. The third kappa shape index (κ3) is 4.22. The van der Waals surface area contributed by atoms with Crippen molar-refractivity contribution in [3.63, 3.8) is 0 Å². The Bertz CT molecular complexity index is 1250. The number of carbonyl (C=O) groups excluding carboxylic acids is 1. The van der Waals surface area contributed by atoms with Gasteiger partial charge in [0, 0.05) is 17.3 Å². The van der Waals surface area contributed by atoms with Crippen LogP contribution in [-0.4, -0.2) is 31.4 Å². The molecular formula is C19H16FN5O2S2. The number of thiophene rings is 1. The van der Waals surface area contributed by atoms with Crippen LogP contribution in [0, 0.1) is 12.7 Å². The van der Waals surface area contributed by atoms with Crippen LogP contribution in [0.4, 0.5) is 10.2 Å². The first kappa shape index (κ1) is 19.3. The number of fused-ring (bicyclic) bond motifs is 1. The highest BCUT2D eigenvalue weighted by atomic mass is 32.2. The van der Waals surface area contributed by atoms with Crippen molar-refractivity contribution in [1.29, 1.82) is 0 Å². The lowest BCUT2D eigenvalue weighted by atomic mass is 10.2. The van der Waals surface area contributed by atoms with Gasteiger partial charge in [-0.3, -0.25) is 19.3 Å². The Morgan fingerprint density at radius 2 is 2.17 bits per heavy atom. The average Bonchev–Trinajstić information content (AvgIpc) is 3.33. The van der Waals surface area contributed by atoms with Crippen molar-refractivity contribution >= 4 is 45.0 Å². The maximum Gasteiger partial charge on any atom is 0.272 e. The summed E-state index contributed by atoms with van der Waals surface area (Å²) in [6.07, 6.45) is 0. The first-order valence-electron chi connectivity index (χ1n) is 8.67. The van der Waals surface area contributed by atoms with Crippen LogP contribution >= 0.6 is 23.1 Å². The molecular weight excluding hydrogens is 413 g/mol. The van der Waals surface area contributed by atoms with Gasteiger partial charge in [-0.1, -0.05) is 30.0 Å². The van der Waals surface area contributed by atoms with E-state index >= 15 is 0 Å². The largest absolute Gasteiger partial charge is 0.308 e. The van der Waals surface area contributed by atoms with E-state index in [1.807, 2.05) is 6.92 Å². The summed E-state index contributed by atoms with van der Waals surface area (Å²) in [7, 11) is 0. The average molecular weight is 430 g/mol. The fourth-order valence-electron chi connectivity index (χ4n) is 2.76. The molecule has 0 aliphatic rings. The van der Waals surface area contributed by atoms with Gasteiger partial charge in [-0.05, 0) is 24.4 Å². The predicted octanol–water partition coefficient (Wildman–Crippen LogP) is 3.41. The topological polar surface area (TPSA) is 92.7 Å². The number of aromatic amines is 1. The Kier molecular flexibility index (Phi) is 5.45. The molecule has 1 aromatic carbocycles. The van der Waals surface area contributed by atoms with E-state index in [0.717, 1.165) is 17.5 Å². The Morgan fingerprint density at radius 1 is 1.34 bits per heavy atom. The number of aromatic nitrogens is 4. The van der Waals surface area contributed by atoms with Crippen molar-refractivity contribution in [2.45, 2.75) is 18.6 Å². The lowest BCUT2D eigenvalue weighted by molar-refractivity contribution is -0.113. The van der Waals surface area contributed by atoms with Gasteiger partial charge in [-0.15, -0.1) is 11.3 Å². The van der Waals surface area contributed by atoms with E-state index < -0.39 is 5.82 Å². The SMILES string of the molecule is Cc1cc(NC(=O)CSc2nc3ccsc3c(=O)n2Cc2ccccc2F)n[nH]1. The van der Waals surface area contributed by atoms with Crippen LogP contribution in [0.5, 0.6) is 0 Å². The Hall–Kier alpha value is -2.98. The Balaban J connectivity index is 1.61. The minimum absolute atomic E-state index is 0.0330. The zero-order valence-corrected chi connectivity index (χ0v) is 16.9. The van der Waals surface area contributed by atoms with E-state index in [2.05, 4.69) is 20.5 Å². The summed E-state index contributed by atoms with van der Waals surface area (Å²) >= 11 is 2.41. The zero-order valence-electron chi connectivity index (χ0n) is 15.3. The van der Waals surface area contributed by atoms with Crippen molar-refractivity contribution in [2.24, 2.45) is 0 Å². The molecule has 10 heteroatoms. The van der Waals surface area contributed by atoms with E-state index in [9.17, 15) is 14.0 Å². The fourth-order valence-corrected chi connectivity index (χ4v) is 4.34. The van der Waals surface area contributed by atoms with E-state index in [1.165, 1.54) is 22.0 Å². The van der Waals surface area contributed by atoms with E-state index in [1.54, 1.807) is 35.7 Å². The molecule has 0 aliphatic heterocycles. The second-order valence-corrected chi connectivity index (χ2v) is 8.14. The summed E-state index contributed by atoms with van der Waals surface area (Å²) < 4.78 is 16.0. The summed E-state index contributed by atoms with van der Waals surface area (Å²) in [5, 5.41) is 11.5. The number of anilines is 1. The summed E-state index contributed by atoms with van der Waals surface area (Å²) in [5.41, 5.74) is 1.52. The number of carbonyl (C=O) groups is 1. The molecule has 4 rings (SSSR count). The number of nitrogens with zero attached hydrogens (tertiary/aromatic N) is 3. The molecule has 148 valence electrons. The smallest absolute Gasteiger partial charge is 0.272 e. The standard InChI is InChI=1S/C19H16FN5O2S2/c1-11-8-15(24-23-11)22-16(26)10-29-19-21-14-6-7-28-17(14)18(27)25(19)9-12-4-2-3-5-13(12)20/h2-8H,9-10H2,1H3,(H2,22,23,24,26). The minimum atomic E-state index is -0.395. The highest BCUT2D eigenvalue weighted by molar-refractivity contribution is 7.99. The van der Waals surface area contributed by atoms with Gasteiger partial charge in [0.25, 0.3) is 5.56 Å². The summed E-state index contributed by atoms with van der Waals surface area (Å²) in [6.45, 7) is 1.87. The molecule has 2 N–H and O–H groups in total. The second-order valence-electron chi connectivity index (χ2n) is 6.29. The molecule has 0 atom stereocenters. The van der Waals surface area contributed by atoms with E-state index in [0.29, 0.717) is 26.8 Å². The predicted molar refractivity (Wildman–Crippen MR) is 112 cm³/mol. The fraction of sp³-hybridized carbons (Fsp3) is 0.158. The number of thioether (sulfide) groups is 1. The number of benzene rings is 1. The summed E-state index contributed by atoms with van der Waals surface area (Å²) in [4.78, 5) is 29.7. The number of aryl methyl sites for hydroxylation is 1.